The van der Waals surface area contributed by atoms with Crippen molar-refractivity contribution >= 4 is 5.91 Å². The molecule has 0 aromatic heterocycles. The lowest BCUT2D eigenvalue weighted by Gasteiger charge is -2.32. The number of ether oxygens (including phenoxy) is 1. The quantitative estimate of drug-likeness (QED) is 0.810. The van der Waals surface area contributed by atoms with Crippen LogP contribution < -0.4 is 5.73 Å². The lowest BCUT2D eigenvalue weighted by molar-refractivity contribution is -0.142. The number of likely N-dealkylation sites (tertiary alicyclic amines) is 1. The van der Waals surface area contributed by atoms with Crippen molar-refractivity contribution in [2.24, 2.45) is 11.7 Å². The molecule has 1 heterocycles. The van der Waals surface area contributed by atoms with Crippen LogP contribution in [0.4, 0.5) is 0 Å². The lowest BCUT2D eigenvalue weighted by Crippen LogP contribution is -2.41. The maximum atomic E-state index is 11.9. The molecule has 0 aliphatic carbocycles. The zero-order valence-electron chi connectivity index (χ0n) is 11.4. The van der Waals surface area contributed by atoms with Gasteiger partial charge in [-0.1, -0.05) is 0 Å². The van der Waals surface area contributed by atoms with E-state index < -0.39 is 0 Å². The van der Waals surface area contributed by atoms with E-state index in [-0.39, 0.29) is 18.1 Å². The monoisotopic (exact) mass is 242 g/mol. The van der Waals surface area contributed by atoms with Crippen LogP contribution in [-0.4, -0.2) is 42.6 Å². The molecule has 1 saturated heterocycles. The highest BCUT2D eigenvalue weighted by molar-refractivity contribution is 5.77. The minimum Gasteiger partial charge on any atom is -0.366 e. The van der Waals surface area contributed by atoms with Crippen molar-refractivity contribution in [2.45, 2.75) is 45.6 Å². The SMILES string of the molecule is CC(C)(C)OCC(=O)N1CCC(CCN)CC1. The Morgan fingerprint density at radius 3 is 2.41 bits per heavy atom. The number of nitrogens with zero attached hydrogens (tertiary/aromatic N) is 1. The molecule has 2 N–H and O–H groups in total. The number of hydrogen-bond acceptors (Lipinski definition) is 3. The molecule has 100 valence electrons. The molecule has 0 atom stereocenters. The van der Waals surface area contributed by atoms with Crippen LogP contribution in [0.5, 0.6) is 0 Å². The first-order valence-electron chi connectivity index (χ1n) is 6.54. The van der Waals surface area contributed by atoms with Gasteiger partial charge in [0.15, 0.2) is 0 Å². The number of rotatable bonds is 4. The summed E-state index contributed by atoms with van der Waals surface area (Å²) in [6.07, 6.45) is 3.25. The molecule has 0 unspecified atom stereocenters. The van der Waals surface area contributed by atoms with E-state index in [0.717, 1.165) is 38.9 Å². The molecule has 1 amide bonds. The molecular weight excluding hydrogens is 216 g/mol. The van der Waals surface area contributed by atoms with Crippen molar-refractivity contribution in [1.82, 2.24) is 4.90 Å². The minimum atomic E-state index is -0.243. The van der Waals surface area contributed by atoms with Crippen molar-refractivity contribution in [2.75, 3.05) is 26.2 Å². The first kappa shape index (κ1) is 14.5. The Morgan fingerprint density at radius 1 is 1.35 bits per heavy atom. The summed E-state index contributed by atoms with van der Waals surface area (Å²) >= 11 is 0. The highest BCUT2D eigenvalue weighted by Gasteiger charge is 2.23. The average Bonchev–Trinajstić information content (AvgIpc) is 2.26. The molecular formula is C13H26N2O2. The van der Waals surface area contributed by atoms with Gasteiger partial charge in [-0.15, -0.1) is 0 Å². The van der Waals surface area contributed by atoms with Crippen molar-refractivity contribution in [1.29, 1.82) is 0 Å². The Bertz CT molecular complexity index is 240. The Balaban J connectivity index is 2.26. The molecule has 1 fully saturated rings. The number of carbonyl (C=O) groups excluding carboxylic acids is 1. The van der Waals surface area contributed by atoms with E-state index in [2.05, 4.69) is 0 Å². The fourth-order valence-corrected chi connectivity index (χ4v) is 2.08. The predicted molar refractivity (Wildman–Crippen MR) is 68.7 cm³/mol. The molecule has 1 aliphatic heterocycles. The molecule has 0 aromatic carbocycles. The van der Waals surface area contributed by atoms with Crippen molar-refractivity contribution in [3.8, 4) is 0 Å². The van der Waals surface area contributed by atoms with Crippen LogP contribution in [0.15, 0.2) is 0 Å². The summed E-state index contributed by atoms with van der Waals surface area (Å²) in [7, 11) is 0. The van der Waals surface area contributed by atoms with Crippen LogP contribution in [0.1, 0.15) is 40.0 Å². The third-order valence-electron chi connectivity index (χ3n) is 3.17. The van der Waals surface area contributed by atoms with Gasteiger partial charge >= 0.3 is 0 Å². The van der Waals surface area contributed by atoms with Crippen LogP contribution in [0.3, 0.4) is 0 Å². The summed E-state index contributed by atoms with van der Waals surface area (Å²) in [5.41, 5.74) is 5.31. The Kier molecular flexibility index (Phi) is 5.40. The number of amides is 1. The van der Waals surface area contributed by atoms with Crippen LogP contribution in [0.25, 0.3) is 0 Å². The number of piperidine rings is 1. The second kappa shape index (κ2) is 6.36. The van der Waals surface area contributed by atoms with Crippen LogP contribution in [0.2, 0.25) is 0 Å². The van der Waals surface area contributed by atoms with E-state index in [4.69, 9.17) is 10.5 Å². The van der Waals surface area contributed by atoms with Gasteiger partial charge in [-0.25, -0.2) is 0 Å². The number of nitrogens with two attached hydrogens (primary N) is 1. The van der Waals surface area contributed by atoms with E-state index in [1.54, 1.807) is 0 Å². The van der Waals surface area contributed by atoms with Gasteiger partial charge in [-0.2, -0.15) is 0 Å². The normalized spacial score (nSPS) is 18.5. The van der Waals surface area contributed by atoms with Crippen molar-refractivity contribution in [3.05, 3.63) is 0 Å². The second-order valence-corrected chi connectivity index (χ2v) is 5.80. The topological polar surface area (TPSA) is 55.6 Å². The smallest absolute Gasteiger partial charge is 0.248 e. The maximum Gasteiger partial charge on any atom is 0.248 e. The standard InChI is InChI=1S/C13H26N2O2/c1-13(2,3)17-10-12(16)15-8-5-11(4-7-14)6-9-15/h11H,4-10,14H2,1-3H3. The molecule has 0 bridgehead atoms. The van der Waals surface area contributed by atoms with E-state index in [9.17, 15) is 4.79 Å². The molecule has 17 heavy (non-hydrogen) atoms. The van der Waals surface area contributed by atoms with Crippen molar-refractivity contribution < 1.29 is 9.53 Å². The van der Waals surface area contributed by atoms with Gasteiger partial charge in [0.25, 0.3) is 0 Å². The van der Waals surface area contributed by atoms with Gasteiger partial charge in [0.2, 0.25) is 5.91 Å². The van der Waals surface area contributed by atoms with Crippen LogP contribution in [0, 0.1) is 5.92 Å². The third kappa shape index (κ3) is 5.50. The fraction of sp³-hybridized carbons (Fsp3) is 0.923. The summed E-state index contributed by atoms with van der Waals surface area (Å²) in [6, 6.07) is 0. The first-order chi connectivity index (χ1) is 7.92. The summed E-state index contributed by atoms with van der Waals surface area (Å²) in [5.74, 6) is 0.818. The predicted octanol–water partition coefficient (Wildman–Crippen LogP) is 1.39. The van der Waals surface area contributed by atoms with E-state index in [1.165, 1.54) is 0 Å². The zero-order chi connectivity index (χ0) is 12.9. The van der Waals surface area contributed by atoms with E-state index in [1.807, 2.05) is 25.7 Å². The van der Waals surface area contributed by atoms with Gasteiger partial charge in [0, 0.05) is 13.1 Å². The molecule has 1 aliphatic rings. The first-order valence-corrected chi connectivity index (χ1v) is 6.54. The van der Waals surface area contributed by atoms with Crippen molar-refractivity contribution in [3.63, 3.8) is 0 Å². The van der Waals surface area contributed by atoms with Crippen LogP contribution in [-0.2, 0) is 9.53 Å². The molecule has 0 aromatic rings. The maximum absolute atomic E-state index is 11.9. The third-order valence-corrected chi connectivity index (χ3v) is 3.17. The van der Waals surface area contributed by atoms with Crippen LogP contribution >= 0.6 is 0 Å². The molecule has 0 spiro atoms. The largest absolute Gasteiger partial charge is 0.366 e. The number of carbonyl (C=O) groups is 1. The fourth-order valence-electron chi connectivity index (χ4n) is 2.08. The van der Waals surface area contributed by atoms with Gasteiger partial charge < -0.3 is 15.4 Å². The van der Waals surface area contributed by atoms with Gasteiger partial charge in [-0.05, 0) is 52.5 Å². The molecule has 4 heteroatoms. The average molecular weight is 242 g/mol. The highest BCUT2D eigenvalue weighted by atomic mass is 16.5. The van der Waals surface area contributed by atoms with Gasteiger partial charge in [0.05, 0.1) is 5.60 Å². The Hall–Kier alpha value is -0.610. The van der Waals surface area contributed by atoms with Gasteiger partial charge in [-0.3, -0.25) is 4.79 Å². The molecule has 0 radical (unpaired) electrons. The summed E-state index contributed by atoms with van der Waals surface area (Å²) in [5, 5.41) is 0. The Morgan fingerprint density at radius 2 is 1.94 bits per heavy atom. The molecule has 4 nitrogen and oxygen atoms in total. The summed E-state index contributed by atoms with van der Waals surface area (Å²) in [6.45, 7) is 8.57. The molecule has 0 saturated carbocycles. The second-order valence-electron chi connectivity index (χ2n) is 5.80. The summed E-state index contributed by atoms with van der Waals surface area (Å²) in [4.78, 5) is 13.8. The van der Waals surface area contributed by atoms with E-state index >= 15 is 0 Å². The number of hydrogen-bond donors (Lipinski definition) is 1. The van der Waals surface area contributed by atoms with Gasteiger partial charge in [0.1, 0.15) is 6.61 Å². The molecule has 1 rings (SSSR count). The zero-order valence-corrected chi connectivity index (χ0v) is 11.4. The minimum absolute atomic E-state index is 0.117. The van der Waals surface area contributed by atoms with E-state index in [0.29, 0.717) is 5.92 Å². The summed E-state index contributed by atoms with van der Waals surface area (Å²) < 4.78 is 5.51. The highest BCUT2D eigenvalue weighted by Crippen LogP contribution is 2.20. The Labute approximate surface area is 104 Å². The lowest BCUT2D eigenvalue weighted by atomic mass is 9.93.